The van der Waals surface area contributed by atoms with Crippen LogP contribution in [-0.4, -0.2) is 47.2 Å². The van der Waals surface area contributed by atoms with Crippen molar-refractivity contribution in [2.45, 2.75) is 59.1 Å². The number of para-hydroxylation sites is 2. The summed E-state index contributed by atoms with van der Waals surface area (Å²) in [6.45, 7) is 9.69. The zero-order chi connectivity index (χ0) is 24.6. The summed E-state index contributed by atoms with van der Waals surface area (Å²) in [6.07, 6.45) is 3.45. The molecule has 3 rings (SSSR count). The van der Waals surface area contributed by atoms with Crippen LogP contribution in [0.1, 0.15) is 52.5 Å². The number of likely N-dealkylation sites (tertiary alicyclic amines) is 1. The molecule has 8 heteroatoms. The maximum Gasteiger partial charge on any atom is 0.410 e. The molecule has 0 atom stereocenters. The quantitative estimate of drug-likeness (QED) is 0.590. The van der Waals surface area contributed by atoms with Gasteiger partial charge in [-0.15, -0.1) is 0 Å². The van der Waals surface area contributed by atoms with E-state index in [1.165, 1.54) is 0 Å². The number of aromatic nitrogens is 1. The molecule has 2 heterocycles. The number of pyridine rings is 1. The Labute approximate surface area is 201 Å². The van der Waals surface area contributed by atoms with Gasteiger partial charge in [0.15, 0.2) is 11.5 Å². The minimum absolute atomic E-state index is 0.00156. The highest BCUT2D eigenvalue weighted by Gasteiger charge is 2.27. The summed E-state index contributed by atoms with van der Waals surface area (Å²) < 4.78 is 16.8. The van der Waals surface area contributed by atoms with Crippen molar-refractivity contribution in [3.63, 3.8) is 0 Å². The monoisotopic (exact) mass is 469 g/mol. The molecule has 2 aromatic rings. The summed E-state index contributed by atoms with van der Waals surface area (Å²) in [6, 6.07) is 11.1. The van der Waals surface area contributed by atoms with E-state index in [0.717, 1.165) is 18.4 Å². The topological polar surface area (TPSA) is 90.0 Å². The lowest BCUT2D eigenvalue weighted by atomic mass is 9.93. The van der Waals surface area contributed by atoms with Crippen molar-refractivity contribution in [3.8, 4) is 17.4 Å². The number of amides is 2. The summed E-state index contributed by atoms with van der Waals surface area (Å²) in [5, 5.41) is 2.96. The average Bonchev–Trinajstić information content (AvgIpc) is 2.79. The number of carbonyl (C=O) groups is 2. The standard InChI is InChI=1S/C26H35N3O5/c1-5-32-21-8-6-7-9-22(21)33-24-11-10-20(18-28-24)17-27-23(30)16-19-12-14-29(15-13-19)25(31)34-26(2,3)4/h6-11,18-19H,5,12-17H2,1-4H3,(H,27,30). The maximum absolute atomic E-state index is 12.4. The lowest BCUT2D eigenvalue weighted by Gasteiger charge is -2.33. The Bertz CT molecular complexity index is 948. The fourth-order valence-electron chi connectivity index (χ4n) is 3.68. The van der Waals surface area contributed by atoms with Crippen molar-refractivity contribution < 1.29 is 23.8 Å². The highest BCUT2D eigenvalue weighted by molar-refractivity contribution is 5.76. The van der Waals surface area contributed by atoms with Gasteiger partial charge in [-0.3, -0.25) is 4.79 Å². The van der Waals surface area contributed by atoms with Crippen LogP contribution in [0.15, 0.2) is 42.6 Å². The summed E-state index contributed by atoms with van der Waals surface area (Å²) in [5.74, 6) is 1.99. The number of nitrogens with one attached hydrogen (secondary N) is 1. The van der Waals surface area contributed by atoms with Gasteiger partial charge in [-0.1, -0.05) is 18.2 Å². The van der Waals surface area contributed by atoms with Crippen LogP contribution in [0.2, 0.25) is 0 Å². The molecule has 1 aliphatic rings. The number of rotatable bonds is 8. The van der Waals surface area contributed by atoms with Gasteiger partial charge in [0.2, 0.25) is 11.8 Å². The molecule has 0 saturated carbocycles. The Balaban J connectivity index is 1.41. The van der Waals surface area contributed by atoms with Gasteiger partial charge in [-0.2, -0.15) is 0 Å². The number of piperidine rings is 1. The maximum atomic E-state index is 12.4. The van der Waals surface area contributed by atoms with Gasteiger partial charge >= 0.3 is 6.09 Å². The zero-order valence-electron chi connectivity index (χ0n) is 20.5. The van der Waals surface area contributed by atoms with E-state index in [0.29, 0.717) is 50.0 Å². The first kappa shape index (κ1) is 25.3. The molecule has 1 aliphatic heterocycles. The Hall–Kier alpha value is -3.29. The summed E-state index contributed by atoms with van der Waals surface area (Å²) in [4.78, 5) is 30.7. The van der Waals surface area contributed by atoms with Gasteiger partial charge in [0.25, 0.3) is 0 Å². The molecule has 0 spiro atoms. The van der Waals surface area contributed by atoms with Crippen molar-refractivity contribution in [3.05, 3.63) is 48.2 Å². The first-order valence-corrected chi connectivity index (χ1v) is 11.8. The second-order valence-corrected chi connectivity index (χ2v) is 9.38. The minimum Gasteiger partial charge on any atom is -0.490 e. The fourth-order valence-corrected chi connectivity index (χ4v) is 3.68. The number of ether oxygens (including phenoxy) is 3. The lowest BCUT2D eigenvalue weighted by Crippen LogP contribution is -2.42. The Kier molecular flexibility index (Phi) is 8.73. The number of nitrogens with zero attached hydrogens (tertiary/aromatic N) is 2. The Morgan fingerprint density at radius 1 is 1.09 bits per heavy atom. The number of carbonyl (C=O) groups excluding carboxylic acids is 2. The molecule has 184 valence electrons. The van der Waals surface area contributed by atoms with Gasteiger partial charge in [0.05, 0.1) is 6.61 Å². The molecule has 0 aliphatic carbocycles. The first-order valence-electron chi connectivity index (χ1n) is 11.8. The normalized spacial score (nSPS) is 14.4. The molecule has 34 heavy (non-hydrogen) atoms. The van der Waals surface area contributed by atoms with Gasteiger partial charge in [0, 0.05) is 38.3 Å². The van der Waals surface area contributed by atoms with E-state index in [4.69, 9.17) is 14.2 Å². The second-order valence-electron chi connectivity index (χ2n) is 9.38. The summed E-state index contributed by atoms with van der Waals surface area (Å²) in [5.41, 5.74) is 0.388. The number of hydrogen-bond acceptors (Lipinski definition) is 6. The molecule has 1 N–H and O–H groups in total. The molecule has 1 aromatic carbocycles. The number of benzene rings is 1. The van der Waals surface area contributed by atoms with Crippen molar-refractivity contribution in [1.29, 1.82) is 0 Å². The van der Waals surface area contributed by atoms with Crippen LogP contribution in [0.4, 0.5) is 4.79 Å². The predicted molar refractivity (Wildman–Crippen MR) is 129 cm³/mol. The molecule has 0 unspecified atom stereocenters. The van der Waals surface area contributed by atoms with Crippen LogP contribution in [-0.2, 0) is 16.1 Å². The van der Waals surface area contributed by atoms with E-state index in [1.54, 1.807) is 17.2 Å². The van der Waals surface area contributed by atoms with Gasteiger partial charge in [0.1, 0.15) is 5.60 Å². The fraction of sp³-hybridized carbons (Fsp3) is 0.500. The summed E-state index contributed by atoms with van der Waals surface area (Å²) in [7, 11) is 0. The van der Waals surface area contributed by atoms with E-state index in [2.05, 4.69) is 10.3 Å². The first-order chi connectivity index (χ1) is 16.2. The summed E-state index contributed by atoms with van der Waals surface area (Å²) >= 11 is 0. The molecular formula is C26H35N3O5. The van der Waals surface area contributed by atoms with Crippen molar-refractivity contribution >= 4 is 12.0 Å². The molecule has 1 fully saturated rings. The molecule has 2 amide bonds. The third-order valence-electron chi connectivity index (χ3n) is 5.39. The SMILES string of the molecule is CCOc1ccccc1Oc1ccc(CNC(=O)CC2CCN(C(=O)OC(C)(C)C)CC2)cn1. The van der Waals surface area contributed by atoms with Crippen LogP contribution < -0.4 is 14.8 Å². The third-order valence-corrected chi connectivity index (χ3v) is 5.39. The molecule has 0 radical (unpaired) electrons. The van der Waals surface area contributed by atoms with E-state index in [9.17, 15) is 9.59 Å². The zero-order valence-corrected chi connectivity index (χ0v) is 20.5. The van der Waals surface area contributed by atoms with Crippen LogP contribution in [0, 0.1) is 5.92 Å². The largest absolute Gasteiger partial charge is 0.490 e. The lowest BCUT2D eigenvalue weighted by molar-refractivity contribution is -0.122. The van der Waals surface area contributed by atoms with Crippen LogP contribution in [0.3, 0.4) is 0 Å². The smallest absolute Gasteiger partial charge is 0.410 e. The Morgan fingerprint density at radius 2 is 1.79 bits per heavy atom. The number of hydrogen-bond donors (Lipinski definition) is 1. The van der Waals surface area contributed by atoms with Crippen molar-refractivity contribution in [2.24, 2.45) is 5.92 Å². The minimum atomic E-state index is -0.499. The van der Waals surface area contributed by atoms with Crippen molar-refractivity contribution in [1.82, 2.24) is 15.2 Å². The van der Waals surface area contributed by atoms with Crippen LogP contribution >= 0.6 is 0 Å². The van der Waals surface area contributed by atoms with Gasteiger partial charge < -0.3 is 24.4 Å². The van der Waals surface area contributed by atoms with E-state index < -0.39 is 5.60 Å². The molecule has 0 bridgehead atoms. The predicted octanol–water partition coefficient (Wildman–Crippen LogP) is 4.93. The van der Waals surface area contributed by atoms with Gasteiger partial charge in [-0.25, -0.2) is 9.78 Å². The highest BCUT2D eigenvalue weighted by Crippen LogP contribution is 2.30. The Morgan fingerprint density at radius 3 is 2.41 bits per heavy atom. The van der Waals surface area contributed by atoms with E-state index >= 15 is 0 Å². The average molecular weight is 470 g/mol. The van der Waals surface area contributed by atoms with E-state index in [1.807, 2.05) is 58.0 Å². The molecule has 1 saturated heterocycles. The van der Waals surface area contributed by atoms with Crippen molar-refractivity contribution in [2.75, 3.05) is 19.7 Å². The van der Waals surface area contributed by atoms with Gasteiger partial charge in [-0.05, 0) is 64.2 Å². The van der Waals surface area contributed by atoms with E-state index in [-0.39, 0.29) is 17.9 Å². The highest BCUT2D eigenvalue weighted by atomic mass is 16.6. The second kappa shape index (κ2) is 11.7. The molecule has 8 nitrogen and oxygen atoms in total. The third kappa shape index (κ3) is 7.93. The van der Waals surface area contributed by atoms with Crippen LogP contribution in [0.5, 0.6) is 17.4 Å². The van der Waals surface area contributed by atoms with Crippen LogP contribution in [0.25, 0.3) is 0 Å². The molecular weight excluding hydrogens is 434 g/mol. The molecule has 1 aromatic heterocycles.